The summed E-state index contributed by atoms with van der Waals surface area (Å²) in [6.07, 6.45) is 0. The molecule has 30 heavy (non-hydrogen) atoms. The molecular formula is C21H22N2O6S. The van der Waals surface area contributed by atoms with Crippen molar-refractivity contribution >= 4 is 22.9 Å². The molecule has 2 aromatic carbocycles. The van der Waals surface area contributed by atoms with Crippen LogP contribution in [-0.4, -0.2) is 46.3 Å². The Morgan fingerprint density at radius 2 is 1.43 bits per heavy atom. The second-order valence-corrected chi connectivity index (χ2v) is 7.05. The van der Waals surface area contributed by atoms with Gasteiger partial charge in [-0.25, -0.2) is 4.98 Å². The molecule has 0 atom stereocenters. The molecule has 9 heteroatoms. The average Bonchev–Trinajstić information content (AvgIpc) is 3.18. The van der Waals surface area contributed by atoms with Crippen LogP contribution in [0, 0.1) is 0 Å². The smallest absolute Gasteiger partial charge is 0.207 e. The molecule has 3 aromatic rings. The molecule has 1 heterocycles. The Morgan fingerprint density at radius 1 is 0.833 bits per heavy atom. The quantitative estimate of drug-likeness (QED) is 0.540. The lowest BCUT2D eigenvalue weighted by atomic mass is 10.1. The van der Waals surface area contributed by atoms with Crippen LogP contribution in [0.5, 0.6) is 28.7 Å². The summed E-state index contributed by atoms with van der Waals surface area (Å²) in [5.74, 6) is 2.16. The van der Waals surface area contributed by atoms with Crippen LogP contribution in [0.3, 0.4) is 0 Å². The highest BCUT2D eigenvalue weighted by atomic mass is 32.1. The molecule has 0 fully saturated rings. The fourth-order valence-corrected chi connectivity index (χ4v) is 3.87. The highest BCUT2D eigenvalue weighted by Gasteiger charge is 2.23. The summed E-state index contributed by atoms with van der Waals surface area (Å²) in [6.45, 7) is 0. The first-order valence-corrected chi connectivity index (χ1v) is 9.62. The summed E-state index contributed by atoms with van der Waals surface area (Å²) in [5, 5.41) is 0.587. The summed E-state index contributed by atoms with van der Waals surface area (Å²) in [5.41, 5.74) is 7.18. The normalized spacial score (nSPS) is 10.4. The molecule has 3 rings (SSSR count). The molecule has 0 amide bonds. The molecular weight excluding hydrogens is 408 g/mol. The number of nitrogens with two attached hydrogens (primary N) is 1. The van der Waals surface area contributed by atoms with Gasteiger partial charge in [0.15, 0.2) is 23.0 Å². The van der Waals surface area contributed by atoms with E-state index in [-0.39, 0.29) is 11.6 Å². The maximum atomic E-state index is 13.2. The van der Waals surface area contributed by atoms with Gasteiger partial charge < -0.3 is 29.4 Å². The maximum Gasteiger partial charge on any atom is 0.207 e. The number of rotatable bonds is 8. The van der Waals surface area contributed by atoms with Crippen molar-refractivity contribution in [3.05, 3.63) is 40.8 Å². The summed E-state index contributed by atoms with van der Waals surface area (Å²) in [6, 6.07) is 8.54. The van der Waals surface area contributed by atoms with Crippen molar-refractivity contribution in [2.45, 2.75) is 0 Å². The SMILES string of the molecule is COc1ccc(-c2nc(N)c(C(=O)c3cc(OC)c(OC)c(OC)c3)s2)cc1OC. The van der Waals surface area contributed by atoms with Crippen LogP contribution >= 0.6 is 11.3 Å². The standard InChI is InChI=1S/C21H22N2O6S/c1-25-13-7-6-11(8-14(13)26-2)21-23-20(22)19(30-21)17(24)12-9-15(27-3)18(29-5)16(10-12)28-4/h6-10H,22H2,1-5H3. The Kier molecular flexibility index (Phi) is 6.31. The first-order valence-electron chi connectivity index (χ1n) is 8.80. The van der Waals surface area contributed by atoms with Gasteiger partial charge in [0.25, 0.3) is 0 Å². The summed E-state index contributed by atoms with van der Waals surface area (Å²) in [4.78, 5) is 17.8. The van der Waals surface area contributed by atoms with Crippen molar-refractivity contribution < 1.29 is 28.5 Å². The fraction of sp³-hybridized carbons (Fsp3) is 0.238. The number of aromatic nitrogens is 1. The van der Waals surface area contributed by atoms with Gasteiger partial charge >= 0.3 is 0 Å². The number of ether oxygens (including phenoxy) is 5. The molecule has 158 valence electrons. The first-order chi connectivity index (χ1) is 14.5. The third-order valence-corrected chi connectivity index (χ3v) is 5.54. The molecule has 0 bridgehead atoms. The molecule has 0 saturated carbocycles. The predicted octanol–water partition coefficient (Wildman–Crippen LogP) is 3.67. The van der Waals surface area contributed by atoms with E-state index in [1.54, 1.807) is 38.5 Å². The van der Waals surface area contributed by atoms with E-state index >= 15 is 0 Å². The third kappa shape index (κ3) is 3.84. The van der Waals surface area contributed by atoms with Gasteiger partial charge in [-0.1, -0.05) is 0 Å². The number of thiazole rings is 1. The lowest BCUT2D eigenvalue weighted by molar-refractivity contribution is 0.104. The number of nitrogens with zero attached hydrogens (tertiary/aromatic N) is 1. The van der Waals surface area contributed by atoms with E-state index in [0.29, 0.717) is 44.2 Å². The van der Waals surface area contributed by atoms with Crippen molar-refractivity contribution in [1.82, 2.24) is 4.98 Å². The number of benzene rings is 2. The molecule has 0 unspecified atom stereocenters. The molecule has 0 aliphatic carbocycles. The van der Waals surface area contributed by atoms with Gasteiger partial charge in [-0.15, -0.1) is 11.3 Å². The van der Waals surface area contributed by atoms with Gasteiger partial charge in [0.1, 0.15) is 15.7 Å². The maximum absolute atomic E-state index is 13.2. The molecule has 0 radical (unpaired) electrons. The Bertz CT molecular complexity index is 1050. The third-order valence-electron chi connectivity index (χ3n) is 4.42. The second kappa shape index (κ2) is 8.91. The molecule has 0 spiro atoms. The number of nitrogen functional groups attached to an aromatic ring is 1. The number of anilines is 1. The first kappa shape index (κ1) is 21.3. The van der Waals surface area contributed by atoms with Crippen LogP contribution in [-0.2, 0) is 0 Å². The van der Waals surface area contributed by atoms with Crippen molar-refractivity contribution in [3.8, 4) is 39.3 Å². The van der Waals surface area contributed by atoms with E-state index in [2.05, 4.69) is 4.98 Å². The average molecular weight is 430 g/mol. The Hall–Kier alpha value is -3.46. The fourth-order valence-electron chi connectivity index (χ4n) is 2.93. The Morgan fingerprint density at radius 3 is 1.97 bits per heavy atom. The number of carbonyl (C=O) groups is 1. The van der Waals surface area contributed by atoms with Gasteiger partial charge in [0, 0.05) is 11.1 Å². The Balaban J connectivity index is 2.02. The van der Waals surface area contributed by atoms with Gasteiger partial charge in [-0.3, -0.25) is 4.79 Å². The van der Waals surface area contributed by atoms with Crippen LogP contribution in [0.25, 0.3) is 10.6 Å². The number of hydrogen-bond acceptors (Lipinski definition) is 9. The largest absolute Gasteiger partial charge is 0.493 e. The second-order valence-electron chi connectivity index (χ2n) is 6.05. The lowest BCUT2D eigenvalue weighted by Crippen LogP contribution is -2.05. The van der Waals surface area contributed by atoms with Crippen LogP contribution in [0.4, 0.5) is 5.82 Å². The summed E-state index contributed by atoms with van der Waals surface area (Å²) >= 11 is 1.19. The monoisotopic (exact) mass is 430 g/mol. The molecule has 8 nitrogen and oxygen atoms in total. The van der Waals surface area contributed by atoms with Crippen LogP contribution in [0.1, 0.15) is 15.2 Å². The van der Waals surface area contributed by atoms with Crippen LogP contribution in [0.15, 0.2) is 30.3 Å². The molecule has 1 aromatic heterocycles. The van der Waals surface area contributed by atoms with E-state index in [9.17, 15) is 4.79 Å². The number of hydrogen-bond donors (Lipinski definition) is 1. The van der Waals surface area contributed by atoms with E-state index < -0.39 is 0 Å². The number of methoxy groups -OCH3 is 5. The van der Waals surface area contributed by atoms with Crippen molar-refractivity contribution in [1.29, 1.82) is 0 Å². The zero-order valence-electron chi connectivity index (χ0n) is 17.3. The minimum absolute atomic E-state index is 0.142. The highest BCUT2D eigenvalue weighted by Crippen LogP contribution is 2.40. The van der Waals surface area contributed by atoms with Crippen molar-refractivity contribution in [2.75, 3.05) is 41.3 Å². The number of carbonyl (C=O) groups excluding carboxylic acids is 1. The molecule has 2 N–H and O–H groups in total. The van der Waals surface area contributed by atoms with Crippen molar-refractivity contribution in [3.63, 3.8) is 0 Å². The molecule has 0 saturated heterocycles. The van der Waals surface area contributed by atoms with E-state index in [4.69, 9.17) is 29.4 Å². The minimum Gasteiger partial charge on any atom is -0.493 e. The highest BCUT2D eigenvalue weighted by molar-refractivity contribution is 7.17. The molecule has 0 aliphatic heterocycles. The summed E-state index contributed by atoms with van der Waals surface area (Å²) < 4.78 is 26.6. The lowest BCUT2D eigenvalue weighted by Gasteiger charge is -2.13. The van der Waals surface area contributed by atoms with Crippen molar-refractivity contribution in [2.24, 2.45) is 0 Å². The van der Waals surface area contributed by atoms with E-state index in [1.165, 1.54) is 32.7 Å². The van der Waals surface area contributed by atoms with Gasteiger partial charge in [-0.05, 0) is 30.3 Å². The topological polar surface area (TPSA) is 102 Å². The summed E-state index contributed by atoms with van der Waals surface area (Å²) in [7, 11) is 7.59. The van der Waals surface area contributed by atoms with Gasteiger partial charge in [0.2, 0.25) is 11.5 Å². The zero-order valence-corrected chi connectivity index (χ0v) is 18.1. The van der Waals surface area contributed by atoms with Gasteiger partial charge in [-0.2, -0.15) is 0 Å². The molecule has 0 aliphatic rings. The minimum atomic E-state index is -0.295. The number of ketones is 1. The zero-order chi connectivity index (χ0) is 21.8. The van der Waals surface area contributed by atoms with E-state index in [1.807, 2.05) is 6.07 Å². The van der Waals surface area contributed by atoms with Gasteiger partial charge in [0.05, 0.1) is 35.5 Å². The van der Waals surface area contributed by atoms with E-state index in [0.717, 1.165) is 5.56 Å². The van der Waals surface area contributed by atoms with Crippen LogP contribution < -0.4 is 29.4 Å². The van der Waals surface area contributed by atoms with Crippen LogP contribution in [0.2, 0.25) is 0 Å². The predicted molar refractivity (Wildman–Crippen MR) is 115 cm³/mol. The Labute approximate surface area is 178 Å².